The number of amides is 1. The normalized spacial score (nSPS) is 9.90. The van der Waals surface area contributed by atoms with Crippen molar-refractivity contribution in [1.29, 1.82) is 0 Å². The van der Waals surface area contributed by atoms with Gasteiger partial charge in [0.15, 0.2) is 17.5 Å². The van der Waals surface area contributed by atoms with Crippen LogP contribution in [-0.4, -0.2) is 24.6 Å². The van der Waals surface area contributed by atoms with Crippen molar-refractivity contribution in [2.45, 2.75) is 0 Å². The second-order valence-electron chi connectivity index (χ2n) is 3.86. The van der Waals surface area contributed by atoms with Gasteiger partial charge in [0.2, 0.25) is 0 Å². The number of pyridine rings is 1. The van der Waals surface area contributed by atoms with E-state index < -0.39 is 0 Å². The van der Waals surface area contributed by atoms with Gasteiger partial charge in [0.25, 0.3) is 5.91 Å². The van der Waals surface area contributed by atoms with Crippen LogP contribution in [0.4, 0.5) is 5.69 Å². The van der Waals surface area contributed by atoms with Crippen LogP contribution in [0.5, 0.6) is 11.5 Å². The maximum Gasteiger partial charge on any atom is 0.262 e. The van der Waals surface area contributed by atoms with E-state index in [1.165, 1.54) is 0 Å². The first-order valence-corrected chi connectivity index (χ1v) is 6.24. The number of aromatic nitrogens is 1. The van der Waals surface area contributed by atoms with Gasteiger partial charge < -0.3 is 14.8 Å². The summed E-state index contributed by atoms with van der Waals surface area (Å²) in [6, 6.07) is 10.4. The van der Waals surface area contributed by atoms with Gasteiger partial charge in [0.1, 0.15) is 5.75 Å². The maximum atomic E-state index is 11.8. The number of halogens is 1. The highest BCUT2D eigenvalue weighted by atomic mass is 35.5. The minimum Gasteiger partial charge on any atom is -0.497 e. The molecule has 1 aromatic heterocycles. The lowest BCUT2D eigenvalue weighted by molar-refractivity contribution is -0.118. The molecule has 1 N–H and O–H groups in total. The fourth-order valence-electron chi connectivity index (χ4n) is 1.52. The third-order valence-electron chi connectivity index (χ3n) is 2.44. The molecule has 0 saturated heterocycles. The largest absolute Gasteiger partial charge is 0.497 e. The molecular weight excluding hydrogens is 280 g/mol. The molecule has 1 heterocycles. The first kappa shape index (κ1) is 14.1. The zero-order valence-electron chi connectivity index (χ0n) is 10.8. The smallest absolute Gasteiger partial charge is 0.262 e. The number of benzene rings is 1. The summed E-state index contributed by atoms with van der Waals surface area (Å²) in [4.78, 5) is 15.6. The summed E-state index contributed by atoms with van der Waals surface area (Å²) in [5, 5.41) is 2.92. The average molecular weight is 293 g/mol. The molecule has 0 bridgehead atoms. The summed E-state index contributed by atoms with van der Waals surface area (Å²) in [5.41, 5.74) is 0.634. The van der Waals surface area contributed by atoms with E-state index in [9.17, 15) is 4.79 Å². The molecular formula is C14H13ClN2O3. The summed E-state index contributed by atoms with van der Waals surface area (Å²) in [7, 11) is 1.56. The third kappa shape index (κ3) is 3.86. The molecule has 0 unspecified atom stereocenters. The van der Waals surface area contributed by atoms with Gasteiger partial charge in [0.05, 0.1) is 7.11 Å². The molecule has 0 aliphatic rings. The van der Waals surface area contributed by atoms with Crippen LogP contribution in [0.15, 0.2) is 42.6 Å². The Hall–Kier alpha value is -2.27. The molecule has 0 atom stereocenters. The summed E-state index contributed by atoms with van der Waals surface area (Å²) in [5.74, 6) is 0.743. The number of anilines is 1. The van der Waals surface area contributed by atoms with Gasteiger partial charge in [-0.3, -0.25) is 4.79 Å². The molecule has 5 nitrogen and oxygen atoms in total. The molecule has 0 radical (unpaired) electrons. The molecule has 1 aromatic carbocycles. The molecule has 0 fully saturated rings. The molecule has 1 amide bonds. The van der Waals surface area contributed by atoms with E-state index in [1.54, 1.807) is 49.7 Å². The van der Waals surface area contributed by atoms with E-state index in [-0.39, 0.29) is 17.7 Å². The zero-order valence-corrected chi connectivity index (χ0v) is 11.6. The lowest BCUT2D eigenvalue weighted by Gasteiger charge is -2.09. The van der Waals surface area contributed by atoms with Crippen molar-refractivity contribution in [2.24, 2.45) is 0 Å². The van der Waals surface area contributed by atoms with Crippen LogP contribution in [0.1, 0.15) is 0 Å². The summed E-state index contributed by atoms with van der Waals surface area (Å²) >= 11 is 5.82. The van der Waals surface area contributed by atoms with Crippen molar-refractivity contribution in [3.05, 3.63) is 47.7 Å². The Kier molecular flexibility index (Phi) is 4.79. The van der Waals surface area contributed by atoms with Crippen molar-refractivity contribution >= 4 is 23.2 Å². The maximum absolute atomic E-state index is 11.8. The van der Waals surface area contributed by atoms with Crippen LogP contribution in [0.3, 0.4) is 0 Å². The summed E-state index contributed by atoms with van der Waals surface area (Å²) in [6.45, 7) is -0.150. The molecule has 0 aliphatic carbocycles. The number of nitrogens with one attached hydrogen (secondary N) is 1. The zero-order chi connectivity index (χ0) is 14.4. The molecule has 104 valence electrons. The molecule has 2 rings (SSSR count). The van der Waals surface area contributed by atoms with Crippen molar-refractivity contribution in [1.82, 2.24) is 4.98 Å². The average Bonchev–Trinajstić information content (AvgIpc) is 2.46. The van der Waals surface area contributed by atoms with Gasteiger partial charge in [-0.15, -0.1) is 0 Å². The van der Waals surface area contributed by atoms with Gasteiger partial charge in [-0.25, -0.2) is 4.98 Å². The number of hydrogen-bond acceptors (Lipinski definition) is 4. The Labute approximate surface area is 121 Å². The Morgan fingerprint density at radius 1 is 1.35 bits per heavy atom. The van der Waals surface area contributed by atoms with E-state index in [0.29, 0.717) is 17.2 Å². The second kappa shape index (κ2) is 6.77. The standard InChI is InChI=1S/C14H13ClN2O3/c1-19-11-5-2-4-10(8-11)17-13(18)9-20-12-6-3-7-16-14(12)15/h2-8H,9H2,1H3,(H,17,18). The SMILES string of the molecule is COc1cccc(NC(=O)COc2cccnc2Cl)c1. The number of nitrogens with zero attached hydrogens (tertiary/aromatic N) is 1. The summed E-state index contributed by atoms with van der Waals surface area (Å²) in [6.07, 6.45) is 1.55. The van der Waals surface area contributed by atoms with Gasteiger partial charge in [-0.05, 0) is 24.3 Å². The number of hydrogen-bond donors (Lipinski definition) is 1. The van der Waals surface area contributed by atoms with Crippen LogP contribution in [0.2, 0.25) is 5.15 Å². The van der Waals surface area contributed by atoms with Crippen LogP contribution in [-0.2, 0) is 4.79 Å². The van der Waals surface area contributed by atoms with Crippen molar-refractivity contribution in [2.75, 3.05) is 19.0 Å². The number of carbonyl (C=O) groups is 1. The van der Waals surface area contributed by atoms with Crippen LogP contribution in [0, 0.1) is 0 Å². The third-order valence-corrected chi connectivity index (χ3v) is 2.72. The van der Waals surface area contributed by atoms with Crippen LogP contribution >= 0.6 is 11.6 Å². The van der Waals surface area contributed by atoms with Crippen LogP contribution in [0.25, 0.3) is 0 Å². The highest BCUT2D eigenvalue weighted by Gasteiger charge is 2.07. The molecule has 20 heavy (non-hydrogen) atoms. The number of rotatable bonds is 5. The van der Waals surface area contributed by atoms with Gasteiger partial charge in [0, 0.05) is 18.0 Å². The van der Waals surface area contributed by atoms with Crippen molar-refractivity contribution in [3.63, 3.8) is 0 Å². The fraction of sp³-hybridized carbons (Fsp3) is 0.143. The van der Waals surface area contributed by atoms with E-state index in [1.807, 2.05) is 0 Å². The van der Waals surface area contributed by atoms with E-state index in [0.717, 1.165) is 0 Å². The Morgan fingerprint density at radius 3 is 2.95 bits per heavy atom. The first-order valence-electron chi connectivity index (χ1n) is 5.86. The second-order valence-corrected chi connectivity index (χ2v) is 4.22. The summed E-state index contributed by atoms with van der Waals surface area (Å²) < 4.78 is 10.4. The van der Waals surface area contributed by atoms with E-state index >= 15 is 0 Å². The highest BCUT2D eigenvalue weighted by molar-refractivity contribution is 6.30. The minimum atomic E-state index is -0.293. The Morgan fingerprint density at radius 2 is 2.20 bits per heavy atom. The lowest BCUT2D eigenvalue weighted by atomic mass is 10.3. The first-order chi connectivity index (χ1) is 9.69. The molecule has 0 saturated carbocycles. The molecule has 0 aliphatic heterocycles. The van der Waals surface area contributed by atoms with E-state index in [2.05, 4.69) is 10.3 Å². The molecule has 2 aromatic rings. The van der Waals surface area contributed by atoms with Crippen molar-refractivity contribution in [3.8, 4) is 11.5 Å². The Bertz CT molecular complexity index is 604. The van der Waals surface area contributed by atoms with Gasteiger partial charge >= 0.3 is 0 Å². The number of ether oxygens (including phenoxy) is 2. The fourth-order valence-corrected chi connectivity index (χ4v) is 1.69. The van der Waals surface area contributed by atoms with Gasteiger partial charge in [-0.2, -0.15) is 0 Å². The monoisotopic (exact) mass is 292 g/mol. The van der Waals surface area contributed by atoms with Crippen LogP contribution < -0.4 is 14.8 Å². The minimum absolute atomic E-state index is 0.150. The predicted molar refractivity (Wildman–Crippen MR) is 76.4 cm³/mol. The topological polar surface area (TPSA) is 60.5 Å². The van der Waals surface area contributed by atoms with Crippen molar-refractivity contribution < 1.29 is 14.3 Å². The van der Waals surface area contributed by atoms with Gasteiger partial charge in [-0.1, -0.05) is 17.7 Å². The molecule has 0 spiro atoms. The predicted octanol–water partition coefficient (Wildman–Crippen LogP) is 2.76. The lowest BCUT2D eigenvalue weighted by Crippen LogP contribution is -2.20. The number of methoxy groups -OCH3 is 1. The number of carbonyl (C=O) groups excluding carboxylic acids is 1. The van der Waals surface area contributed by atoms with E-state index in [4.69, 9.17) is 21.1 Å². The molecule has 6 heteroatoms. The quantitative estimate of drug-likeness (QED) is 0.861. The highest BCUT2D eigenvalue weighted by Crippen LogP contribution is 2.20. The Balaban J connectivity index is 1.91.